The van der Waals surface area contributed by atoms with Gasteiger partial charge in [0.1, 0.15) is 6.04 Å². The standard InChI is InChI=1S/C31H44N4O3/c1-22-8-10-24(11-9-22)31(37)35-17-16-28(20-29(35)30(36)33-27-14-12-26(32)13-15-27)34(18-19-38-3)21-25-7-5-4-6-23(25)2/h4-11,26-29H,12-21,32H2,1-3H3,(H,33,36)/t26?,27?,28?,29-/m1/s1. The zero-order valence-corrected chi connectivity index (χ0v) is 23.2. The molecule has 7 heteroatoms. The lowest BCUT2D eigenvalue weighted by molar-refractivity contribution is -0.128. The Hall–Kier alpha value is -2.74. The number of rotatable bonds is 9. The molecule has 2 aromatic rings. The fourth-order valence-corrected chi connectivity index (χ4v) is 5.80. The molecule has 3 N–H and O–H groups in total. The van der Waals surface area contributed by atoms with Crippen molar-refractivity contribution >= 4 is 11.8 Å². The summed E-state index contributed by atoms with van der Waals surface area (Å²) < 4.78 is 5.45. The second kappa shape index (κ2) is 13.4. The van der Waals surface area contributed by atoms with Gasteiger partial charge in [-0.1, -0.05) is 42.0 Å². The second-order valence-corrected chi connectivity index (χ2v) is 11.1. The molecule has 2 fully saturated rings. The van der Waals surface area contributed by atoms with Gasteiger partial charge in [-0.2, -0.15) is 0 Å². The molecule has 1 aliphatic carbocycles. The lowest BCUT2D eigenvalue weighted by Gasteiger charge is -2.43. The highest BCUT2D eigenvalue weighted by Crippen LogP contribution is 2.27. The van der Waals surface area contributed by atoms with Crippen LogP contribution in [-0.2, 0) is 16.1 Å². The zero-order valence-electron chi connectivity index (χ0n) is 23.2. The Labute approximate surface area is 227 Å². The Bertz CT molecular complexity index is 1070. The van der Waals surface area contributed by atoms with Crippen molar-refractivity contribution in [2.75, 3.05) is 26.8 Å². The summed E-state index contributed by atoms with van der Waals surface area (Å²) in [5, 5.41) is 3.28. The van der Waals surface area contributed by atoms with E-state index < -0.39 is 6.04 Å². The summed E-state index contributed by atoms with van der Waals surface area (Å²) in [6, 6.07) is 16.1. The molecule has 0 radical (unpaired) electrons. The summed E-state index contributed by atoms with van der Waals surface area (Å²) in [4.78, 5) is 31.6. The summed E-state index contributed by atoms with van der Waals surface area (Å²) in [6.45, 7) is 6.88. The summed E-state index contributed by atoms with van der Waals surface area (Å²) in [5.41, 5.74) is 10.4. The van der Waals surface area contributed by atoms with Crippen molar-refractivity contribution in [2.24, 2.45) is 5.73 Å². The molecule has 2 aromatic carbocycles. The third-order valence-electron chi connectivity index (χ3n) is 8.29. The van der Waals surface area contributed by atoms with Crippen molar-refractivity contribution in [3.8, 4) is 0 Å². The number of carbonyl (C=O) groups excluding carboxylic acids is 2. The molecule has 1 unspecified atom stereocenters. The maximum atomic E-state index is 13.8. The average Bonchev–Trinajstić information content (AvgIpc) is 2.93. The zero-order chi connectivity index (χ0) is 27.1. The van der Waals surface area contributed by atoms with E-state index in [0.29, 0.717) is 25.1 Å². The summed E-state index contributed by atoms with van der Waals surface area (Å²) >= 11 is 0. The minimum absolute atomic E-state index is 0.0433. The average molecular weight is 521 g/mol. The Morgan fingerprint density at radius 3 is 2.42 bits per heavy atom. The number of benzene rings is 2. The smallest absolute Gasteiger partial charge is 0.254 e. The number of nitrogens with one attached hydrogen (secondary N) is 1. The number of hydrogen-bond donors (Lipinski definition) is 2. The second-order valence-electron chi connectivity index (χ2n) is 11.1. The molecule has 0 aromatic heterocycles. The monoisotopic (exact) mass is 520 g/mol. The SMILES string of the molecule is COCCN(Cc1ccccc1C)C1CCN(C(=O)c2ccc(C)cc2)[C@@H](C(=O)NC2CCC(N)CC2)C1. The topological polar surface area (TPSA) is 87.9 Å². The van der Waals surface area contributed by atoms with E-state index in [4.69, 9.17) is 10.5 Å². The molecule has 0 bridgehead atoms. The van der Waals surface area contributed by atoms with Crippen LogP contribution in [0.15, 0.2) is 48.5 Å². The highest BCUT2D eigenvalue weighted by molar-refractivity contribution is 5.97. The summed E-state index contributed by atoms with van der Waals surface area (Å²) in [6.07, 6.45) is 5.04. The highest BCUT2D eigenvalue weighted by Gasteiger charge is 2.39. The Balaban J connectivity index is 1.55. The molecule has 1 aliphatic heterocycles. The number of likely N-dealkylation sites (tertiary alicyclic amines) is 1. The fourth-order valence-electron chi connectivity index (χ4n) is 5.80. The van der Waals surface area contributed by atoms with Crippen LogP contribution in [0.1, 0.15) is 65.6 Å². The van der Waals surface area contributed by atoms with E-state index in [2.05, 4.69) is 41.4 Å². The van der Waals surface area contributed by atoms with Gasteiger partial charge in [0.15, 0.2) is 0 Å². The largest absolute Gasteiger partial charge is 0.383 e. The number of nitrogens with zero attached hydrogens (tertiary/aromatic N) is 2. The quantitative estimate of drug-likeness (QED) is 0.525. The predicted molar refractivity (Wildman–Crippen MR) is 151 cm³/mol. The first kappa shape index (κ1) is 28.3. The first-order valence-electron chi connectivity index (χ1n) is 14.1. The summed E-state index contributed by atoms with van der Waals surface area (Å²) in [5.74, 6) is -0.116. The van der Waals surface area contributed by atoms with Gasteiger partial charge in [0.25, 0.3) is 5.91 Å². The van der Waals surface area contributed by atoms with Gasteiger partial charge in [-0.15, -0.1) is 0 Å². The van der Waals surface area contributed by atoms with Crippen molar-refractivity contribution in [1.82, 2.24) is 15.1 Å². The Morgan fingerprint density at radius 1 is 1.03 bits per heavy atom. The van der Waals surface area contributed by atoms with Crippen molar-refractivity contribution in [3.05, 3.63) is 70.8 Å². The summed E-state index contributed by atoms with van der Waals surface area (Å²) in [7, 11) is 1.72. The molecular formula is C31H44N4O3. The predicted octanol–water partition coefficient (Wildman–Crippen LogP) is 3.81. The molecule has 38 heavy (non-hydrogen) atoms. The minimum atomic E-state index is -0.514. The number of carbonyl (C=O) groups is 2. The van der Waals surface area contributed by atoms with Gasteiger partial charge >= 0.3 is 0 Å². The van der Waals surface area contributed by atoms with Gasteiger partial charge in [-0.3, -0.25) is 14.5 Å². The van der Waals surface area contributed by atoms with Crippen molar-refractivity contribution in [2.45, 2.75) is 83.1 Å². The van der Waals surface area contributed by atoms with Gasteiger partial charge < -0.3 is 20.7 Å². The van der Waals surface area contributed by atoms with Crippen LogP contribution < -0.4 is 11.1 Å². The first-order valence-corrected chi connectivity index (χ1v) is 14.1. The number of hydrogen-bond acceptors (Lipinski definition) is 5. The first-order chi connectivity index (χ1) is 18.4. The van der Waals surface area contributed by atoms with Gasteiger partial charge in [0.2, 0.25) is 5.91 Å². The molecule has 0 spiro atoms. The number of methoxy groups -OCH3 is 1. The van der Waals surface area contributed by atoms with Crippen LogP contribution in [0.5, 0.6) is 0 Å². The minimum Gasteiger partial charge on any atom is -0.383 e. The third kappa shape index (κ3) is 7.22. The van der Waals surface area contributed by atoms with Crippen molar-refractivity contribution in [3.63, 3.8) is 0 Å². The van der Waals surface area contributed by atoms with E-state index in [1.807, 2.05) is 31.2 Å². The molecule has 2 amide bonds. The number of aryl methyl sites for hydroxylation is 2. The Kier molecular flexibility index (Phi) is 9.94. The van der Waals surface area contributed by atoms with Crippen LogP contribution in [0.2, 0.25) is 0 Å². The molecule has 2 atom stereocenters. The van der Waals surface area contributed by atoms with Crippen LogP contribution >= 0.6 is 0 Å². The van der Waals surface area contributed by atoms with Gasteiger partial charge in [-0.05, 0) is 75.6 Å². The molecular weight excluding hydrogens is 476 g/mol. The lowest BCUT2D eigenvalue weighted by Crippen LogP contribution is -2.58. The van der Waals surface area contributed by atoms with Gasteiger partial charge in [-0.25, -0.2) is 0 Å². The normalized spacial score (nSPS) is 23.9. The van der Waals surface area contributed by atoms with Crippen molar-refractivity contribution < 1.29 is 14.3 Å². The van der Waals surface area contributed by atoms with E-state index in [1.54, 1.807) is 12.0 Å². The van der Waals surface area contributed by atoms with Crippen LogP contribution in [0.3, 0.4) is 0 Å². The molecule has 206 valence electrons. The van der Waals surface area contributed by atoms with E-state index in [-0.39, 0.29) is 29.9 Å². The third-order valence-corrected chi connectivity index (χ3v) is 8.29. The number of ether oxygens (including phenoxy) is 1. The molecule has 1 heterocycles. The van der Waals surface area contributed by atoms with Crippen molar-refractivity contribution in [1.29, 1.82) is 0 Å². The van der Waals surface area contributed by atoms with E-state index in [0.717, 1.165) is 50.8 Å². The van der Waals surface area contributed by atoms with Crippen LogP contribution in [-0.4, -0.2) is 72.6 Å². The van der Waals surface area contributed by atoms with Gasteiger partial charge in [0.05, 0.1) is 6.61 Å². The Morgan fingerprint density at radius 2 is 1.74 bits per heavy atom. The van der Waals surface area contributed by atoms with Crippen LogP contribution in [0, 0.1) is 13.8 Å². The molecule has 2 aliphatic rings. The molecule has 4 rings (SSSR count). The maximum Gasteiger partial charge on any atom is 0.254 e. The van der Waals surface area contributed by atoms with Crippen LogP contribution in [0.25, 0.3) is 0 Å². The maximum absolute atomic E-state index is 13.8. The number of piperidine rings is 1. The molecule has 1 saturated heterocycles. The molecule has 1 saturated carbocycles. The van der Waals surface area contributed by atoms with Gasteiger partial charge in [0, 0.05) is 50.4 Å². The van der Waals surface area contributed by atoms with E-state index in [9.17, 15) is 9.59 Å². The van der Waals surface area contributed by atoms with E-state index in [1.165, 1.54) is 11.1 Å². The number of amides is 2. The fraction of sp³-hybridized carbons (Fsp3) is 0.548. The number of nitrogens with two attached hydrogens (primary N) is 1. The lowest BCUT2D eigenvalue weighted by atomic mass is 9.90. The van der Waals surface area contributed by atoms with Crippen LogP contribution in [0.4, 0.5) is 0 Å². The van der Waals surface area contributed by atoms with E-state index >= 15 is 0 Å². The molecule has 7 nitrogen and oxygen atoms in total. The highest BCUT2D eigenvalue weighted by atomic mass is 16.5.